The fourth-order valence-electron chi connectivity index (χ4n) is 4.97. The molecule has 38 heavy (non-hydrogen) atoms. The Morgan fingerprint density at radius 1 is 0.947 bits per heavy atom. The van der Waals surface area contributed by atoms with Crippen LogP contribution in [-0.2, 0) is 30.2 Å². The molecule has 1 aromatic carbocycles. The molecule has 2 fully saturated rings. The van der Waals surface area contributed by atoms with E-state index in [1.807, 2.05) is 13.8 Å². The summed E-state index contributed by atoms with van der Waals surface area (Å²) in [5.74, 6) is -1.64. The summed E-state index contributed by atoms with van der Waals surface area (Å²) in [6.07, 6.45) is 10.9. The van der Waals surface area contributed by atoms with Crippen LogP contribution < -0.4 is 10.6 Å². The first-order chi connectivity index (χ1) is 18.3. The predicted molar refractivity (Wildman–Crippen MR) is 145 cm³/mol. The standard InChI is InChI=1S/C29H46N2O7/c1-4-5-6-7-8-9-10-11-12-13-18-35-25-23(36-27-26(25)37-29(2,3)38-27)20-30-28(34)31-22-16-14-21(15-17-22)19-24(32)33/h14-17,23,25-27H,4-13,18-20H2,1-3H3,(H,32,33)(H2,30,31,34)/t23-,25+,26+,27+/m0/s1. The molecule has 2 aliphatic heterocycles. The highest BCUT2D eigenvalue weighted by molar-refractivity contribution is 5.89. The van der Waals surface area contributed by atoms with Crippen LogP contribution in [-0.4, -0.2) is 60.6 Å². The molecule has 2 amide bonds. The quantitative estimate of drug-likeness (QED) is 0.222. The van der Waals surface area contributed by atoms with Crippen molar-refractivity contribution >= 4 is 17.7 Å². The molecular formula is C29H46N2O7. The monoisotopic (exact) mass is 534 g/mol. The molecule has 2 aliphatic rings. The lowest BCUT2D eigenvalue weighted by molar-refractivity contribution is -0.217. The fraction of sp³-hybridized carbons (Fsp3) is 0.724. The average molecular weight is 535 g/mol. The number of hydrogen-bond acceptors (Lipinski definition) is 6. The van der Waals surface area contributed by atoms with E-state index < -0.39 is 24.2 Å². The zero-order valence-electron chi connectivity index (χ0n) is 23.2. The van der Waals surface area contributed by atoms with Crippen molar-refractivity contribution in [3.63, 3.8) is 0 Å². The minimum absolute atomic E-state index is 0.0602. The second-order valence-corrected chi connectivity index (χ2v) is 10.8. The van der Waals surface area contributed by atoms with Gasteiger partial charge in [-0.25, -0.2) is 4.79 Å². The Morgan fingerprint density at radius 3 is 2.21 bits per heavy atom. The van der Waals surface area contributed by atoms with E-state index in [1.165, 1.54) is 51.4 Å². The van der Waals surface area contributed by atoms with Crippen molar-refractivity contribution in [3.8, 4) is 0 Å². The number of nitrogens with one attached hydrogen (secondary N) is 2. The highest BCUT2D eigenvalue weighted by Gasteiger charge is 2.55. The Kier molecular flexibility index (Phi) is 12.3. The molecule has 9 heteroatoms. The van der Waals surface area contributed by atoms with E-state index in [4.69, 9.17) is 24.1 Å². The molecule has 9 nitrogen and oxygen atoms in total. The van der Waals surface area contributed by atoms with Crippen molar-refractivity contribution < 1.29 is 33.6 Å². The Hall–Kier alpha value is -2.20. The van der Waals surface area contributed by atoms with Crippen LogP contribution in [0.15, 0.2) is 24.3 Å². The van der Waals surface area contributed by atoms with Crippen LogP contribution in [0.3, 0.4) is 0 Å². The first-order valence-electron chi connectivity index (χ1n) is 14.3. The summed E-state index contributed by atoms with van der Waals surface area (Å²) in [4.78, 5) is 23.3. The van der Waals surface area contributed by atoms with Gasteiger partial charge in [0.15, 0.2) is 12.1 Å². The van der Waals surface area contributed by atoms with Crippen LogP contribution in [0.4, 0.5) is 10.5 Å². The van der Waals surface area contributed by atoms with E-state index >= 15 is 0 Å². The molecule has 214 valence electrons. The van der Waals surface area contributed by atoms with Crippen LogP contribution in [0.2, 0.25) is 0 Å². The summed E-state index contributed by atoms with van der Waals surface area (Å²) in [5, 5.41) is 14.5. The van der Waals surface area contributed by atoms with E-state index in [1.54, 1.807) is 24.3 Å². The number of ether oxygens (including phenoxy) is 4. The maximum atomic E-state index is 12.5. The lowest BCUT2D eigenvalue weighted by atomic mass is 10.1. The van der Waals surface area contributed by atoms with Crippen LogP contribution in [0.25, 0.3) is 0 Å². The second-order valence-electron chi connectivity index (χ2n) is 10.8. The molecule has 0 bridgehead atoms. The predicted octanol–water partition coefficient (Wildman–Crippen LogP) is 5.62. The highest BCUT2D eigenvalue weighted by Crippen LogP contribution is 2.38. The van der Waals surface area contributed by atoms with Gasteiger partial charge in [-0.1, -0.05) is 76.8 Å². The molecule has 0 aromatic heterocycles. The highest BCUT2D eigenvalue weighted by atomic mass is 16.8. The van der Waals surface area contributed by atoms with Gasteiger partial charge in [0.05, 0.1) is 6.42 Å². The summed E-state index contributed by atoms with van der Waals surface area (Å²) >= 11 is 0. The molecule has 2 saturated heterocycles. The number of carbonyl (C=O) groups excluding carboxylic acids is 1. The van der Waals surface area contributed by atoms with Crippen molar-refractivity contribution in [3.05, 3.63) is 29.8 Å². The van der Waals surface area contributed by atoms with E-state index in [0.717, 1.165) is 12.8 Å². The number of hydrogen-bond donors (Lipinski definition) is 3. The van der Waals surface area contributed by atoms with Crippen LogP contribution in [0, 0.1) is 0 Å². The molecule has 3 rings (SSSR count). The van der Waals surface area contributed by atoms with Gasteiger partial charge in [-0.2, -0.15) is 0 Å². The smallest absolute Gasteiger partial charge is 0.319 e. The van der Waals surface area contributed by atoms with Gasteiger partial charge in [0.2, 0.25) is 0 Å². The van der Waals surface area contributed by atoms with E-state index in [-0.39, 0.29) is 31.2 Å². The summed E-state index contributed by atoms with van der Waals surface area (Å²) in [6.45, 7) is 6.82. The maximum Gasteiger partial charge on any atom is 0.319 e. The number of amides is 2. The van der Waals surface area contributed by atoms with Crippen molar-refractivity contribution in [1.29, 1.82) is 0 Å². The lowest BCUT2D eigenvalue weighted by Gasteiger charge is -2.26. The molecule has 3 N–H and O–H groups in total. The van der Waals surface area contributed by atoms with E-state index in [2.05, 4.69) is 17.6 Å². The number of carboxylic acids is 1. The number of aliphatic carboxylic acids is 1. The average Bonchev–Trinajstić information content (AvgIpc) is 3.33. The van der Waals surface area contributed by atoms with Crippen LogP contribution >= 0.6 is 0 Å². The Labute approximate surface area is 226 Å². The molecule has 0 saturated carbocycles. The number of anilines is 1. The van der Waals surface area contributed by atoms with E-state index in [0.29, 0.717) is 17.9 Å². The Balaban J connectivity index is 1.39. The molecule has 0 spiro atoms. The number of fused-ring (bicyclic) bond motifs is 1. The molecule has 4 atom stereocenters. The Bertz CT molecular complexity index is 861. The van der Waals surface area contributed by atoms with Gasteiger partial charge in [-0.3, -0.25) is 4.79 Å². The number of unbranched alkanes of at least 4 members (excludes halogenated alkanes) is 9. The fourth-order valence-corrected chi connectivity index (χ4v) is 4.97. The topological polar surface area (TPSA) is 115 Å². The van der Waals surface area contributed by atoms with Crippen molar-refractivity contribution in [1.82, 2.24) is 5.32 Å². The van der Waals surface area contributed by atoms with Crippen molar-refractivity contribution in [2.24, 2.45) is 0 Å². The van der Waals surface area contributed by atoms with Crippen molar-refractivity contribution in [2.75, 3.05) is 18.5 Å². The molecule has 0 radical (unpaired) electrons. The van der Waals surface area contributed by atoms with E-state index in [9.17, 15) is 9.59 Å². The Morgan fingerprint density at radius 2 is 1.58 bits per heavy atom. The van der Waals surface area contributed by atoms with Gasteiger partial charge in [0, 0.05) is 18.8 Å². The third-order valence-electron chi connectivity index (χ3n) is 6.93. The van der Waals surface area contributed by atoms with Gasteiger partial charge in [0.25, 0.3) is 0 Å². The second kappa shape index (κ2) is 15.4. The summed E-state index contributed by atoms with van der Waals surface area (Å²) in [6, 6.07) is 6.33. The summed E-state index contributed by atoms with van der Waals surface area (Å²) in [7, 11) is 0. The van der Waals surface area contributed by atoms with Crippen LogP contribution in [0.1, 0.15) is 90.5 Å². The SMILES string of the molecule is CCCCCCCCCCCCO[C@H]1[C@H]2OC(C)(C)O[C@H]2O[C@H]1CNC(=O)Nc1ccc(CC(=O)O)cc1. The minimum atomic E-state index is -0.897. The van der Waals surface area contributed by atoms with Gasteiger partial charge >= 0.3 is 12.0 Å². The van der Waals surface area contributed by atoms with Crippen molar-refractivity contribution in [2.45, 2.75) is 122 Å². The molecule has 0 unspecified atom stereocenters. The third-order valence-corrected chi connectivity index (χ3v) is 6.93. The zero-order valence-corrected chi connectivity index (χ0v) is 23.2. The van der Waals surface area contributed by atoms with Gasteiger partial charge in [0.1, 0.15) is 18.3 Å². The summed E-state index contributed by atoms with van der Waals surface area (Å²) in [5.41, 5.74) is 1.24. The number of carboxylic acid groups (broad SMARTS) is 1. The number of carbonyl (C=O) groups is 2. The molecular weight excluding hydrogens is 488 g/mol. The minimum Gasteiger partial charge on any atom is -0.481 e. The van der Waals surface area contributed by atoms with Gasteiger partial charge in [-0.15, -0.1) is 0 Å². The first-order valence-corrected chi connectivity index (χ1v) is 14.3. The lowest BCUT2D eigenvalue weighted by Crippen LogP contribution is -2.44. The zero-order chi connectivity index (χ0) is 27.4. The summed E-state index contributed by atoms with van der Waals surface area (Å²) < 4.78 is 24.3. The normalized spacial score (nSPS) is 23.8. The molecule has 1 aromatic rings. The van der Waals surface area contributed by atoms with Gasteiger partial charge in [-0.05, 0) is 38.0 Å². The first kappa shape index (κ1) is 30.3. The number of rotatable bonds is 17. The number of benzene rings is 1. The maximum absolute atomic E-state index is 12.5. The molecule has 0 aliphatic carbocycles. The largest absolute Gasteiger partial charge is 0.481 e. The van der Waals surface area contributed by atoms with Gasteiger partial charge < -0.3 is 34.7 Å². The third kappa shape index (κ3) is 10.2. The molecule has 2 heterocycles. The van der Waals surface area contributed by atoms with Crippen LogP contribution in [0.5, 0.6) is 0 Å². The number of urea groups is 1.